The summed E-state index contributed by atoms with van der Waals surface area (Å²) in [5, 5.41) is 3.32. The van der Waals surface area contributed by atoms with Crippen LogP contribution in [0.5, 0.6) is 0 Å². The van der Waals surface area contributed by atoms with Crippen molar-refractivity contribution in [2.24, 2.45) is 0 Å². The summed E-state index contributed by atoms with van der Waals surface area (Å²) < 4.78 is 0. The number of nitrogens with zero attached hydrogens (tertiary/aromatic N) is 2. The fraction of sp³-hybridized carbons (Fsp3) is 0. The Morgan fingerprint density at radius 1 is 0.944 bits per heavy atom. The highest BCUT2D eigenvalue weighted by Crippen LogP contribution is 2.13. The predicted octanol–water partition coefficient (Wildman–Crippen LogP) is 1.41. The molecular weight excluding hydrogens is 221 g/mol. The molecule has 0 fully saturated rings. The Bertz CT molecular complexity index is 579. The van der Waals surface area contributed by atoms with Crippen molar-refractivity contribution in [1.29, 1.82) is 0 Å². The van der Waals surface area contributed by atoms with Crippen molar-refractivity contribution in [3.63, 3.8) is 0 Å². The maximum absolute atomic E-state index is 4.27. The maximum atomic E-state index is 4.27. The number of nitrogens with one attached hydrogen (secondary N) is 1. The summed E-state index contributed by atoms with van der Waals surface area (Å²) in [6.45, 7) is 0.176. The van der Waals surface area contributed by atoms with Crippen LogP contribution in [0.3, 0.4) is 0 Å². The highest BCUT2D eigenvalue weighted by Gasteiger charge is 2.17. The molecule has 0 saturated heterocycles. The summed E-state index contributed by atoms with van der Waals surface area (Å²) in [7, 11) is 0. The smallest absolute Gasteiger partial charge is 0.313 e. The molecule has 0 aliphatic carbocycles. The van der Waals surface area contributed by atoms with E-state index in [1.165, 1.54) is 5.46 Å². The molecule has 3 rings (SSSR count). The third-order valence-electron chi connectivity index (χ3n) is 2.87. The van der Waals surface area contributed by atoms with E-state index in [0.717, 1.165) is 11.4 Å². The number of rotatable bonds is 2. The molecule has 0 amide bonds. The van der Waals surface area contributed by atoms with Crippen LogP contribution in [0.2, 0.25) is 0 Å². The van der Waals surface area contributed by atoms with Crippen molar-refractivity contribution in [2.45, 2.75) is 0 Å². The molecule has 0 unspecified atom stereocenters. The first-order chi connectivity index (χ1) is 8.93. The second-order valence-corrected chi connectivity index (χ2v) is 4.08. The average Bonchev–Trinajstić information content (AvgIpc) is 2.49. The van der Waals surface area contributed by atoms with Gasteiger partial charge in [0.25, 0.3) is 0 Å². The maximum Gasteiger partial charge on any atom is 0.313 e. The van der Waals surface area contributed by atoms with E-state index < -0.39 is 0 Å². The number of hydrogen-bond acceptors (Lipinski definition) is 3. The quantitative estimate of drug-likeness (QED) is 0.797. The molecular formula is C14H12BN3. The second-order valence-electron chi connectivity index (χ2n) is 4.08. The Hall–Kier alpha value is -2.36. The van der Waals surface area contributed by atoms with Crippen LogP contribution >= 0.6 is 0 Å². The molecule has 2 heterocycles. The molecule has 0 spiro atoms. The van der Waals surface area contributed by atoms with Crippen molar-refractivity contribution in [3.8, 4) is 0 Å². The van der Waals surface area contributed by atoms with Crippen molar-refractivity contribution in [1.82, 2.24) is 15.2 Å². The van der Waals surface area contributed by atoms with Gasteiger partial charge >= 0.3 is 6.85 Å². The number of aromatic nitrogens is 2. The van der Waals surface area contributed by atoms with Gasteiger partial charge in [0.1, 0.15) is 0 Å². The second kappa shape index (κ2) is 4.88. The van der Waals surface area contributed by atoms with Crippen LogP contribution in [0.1, 0.15) is 5.82 Å². The molecule has 0 radical (unpaired) electrons. The summed E-state index contributed by atoms with van der Waals surface area (Å²) in [5.74, 6) is 2.90. The van der Waals surface area contributed by atoms with Gasteiger partial charge < -0.3 is 5.23 Å². The summed E-state index contributed by atoms with van der Waals surface area (Å²) in [4.78, 5) is 8.54. The van der Waals surface area contributed by atoms with Crippen LogP contribution < -0.4 is 10.7 Å². The molecule has 2 aromatic rings. The van der Waals surface area contributed by atoms with E-state index in [2.05, 4.69) is 33.3 Å². The van der Waals surface area contributed by atoms with Crippen LogP contribution in [0.25, 0.3) is 5.57 Å². The minimum atomic E-state index is 0.176. The molecule has 4 heteroatoms. The van der Waals surface area contributed by atoms with E-state index in [9.17, 15) is 0 Å². The lowest BCUT2D eigenvalue weighted by molar-refractivity contribution is 1.12. The first kappa shape index (κ1) is 10.8. The highest BCUT2D eigenvalue weighted by atomic mass is 14.9. The highest BCUT2D eigenvalue weighted by molar-refractivity contribution is 6.77. The summed E-state index contributed by atoms with van der Waals surface area (Å²) in [5.41, 5.74) is 2.28. The van der Waals surface area contributed by atoms with Crippen LogP contribution in [0, 0.1) is 0 Å². The van der Waals surface area contributed by atoms with Crippen LogP contribution in [-0.2, 0) is 0 Å². The predicted molar refractivity (Wildman–Crippen MR) is 74.1 cm³/mol. The number of allylic oxidation sites excluding steroid dienone is 2. The van der Waals surface area contributed by atoms with Gasteiger partial charge in [-0.15, -0.1) is 0 Å². The van der Waals surface area contributed by atoms with Gasteiger partial charge in [0.05, 0.1) is 0 Å². The average molecular weight is 233 g/mol. The van der Waals surface area contributed by atoms with Gasteiger partial charge in [-0.2, -0.15) is 0 Å². The third kappa shape index (κ3) is 2.18. The Morgan fingerprint density at radius 2 is 1.72 bits per heavy atom. The van der Waals surface area contributed by atoms with Gasteiger partial charge in [0.15, 0.2) is 5.82 Å². The Morgan fingerprint density at radius 3 is 2.50 bits per heavy atom. The van der Waals surface area contributed by atoms with Crippen molar-refractivity contribution in [2.75, 3.05) is 0 Å². The molecule has 1 aromatic heterocycles. The van der Waals surface area contributed by atoms with E-state index in [1.54, 1.807) is 12.4 Å². The molecule has 0 bridgehead atoms. The fourth-order valence-electron chi connectivity index (χ4n) is 1.97. The van der Waals surface area contributed by atoms with Gasteiger partial charge in [-0.05, 0) is 18.3 Å². The number of benzene rings is 1. The molecule has 0 atom stereocenters. The Kier molecular flexibility index (Phi) is 2.92. The molecule has 1 aromatic carbocycles. The van der Waals surface area contributed by atoms with Crippen molar-refractivity contribution in [3.05, 3.63) is 72.9 Å². The molecule has 1 N–H and O–H groups in total. The third-order valence-corrected chi connectivity index (χ3v) is 2.87. The van der Waals surface area contributed by atoms with Crippen molar-refractivity contribution >= 4 is 17.9 Å². The zero-order valence-corrected chi connectivity index (χ0v) is 9.82. The fourth-order valence-corrected chi connectivity index (χ4v) is 1.97. The Balaban J connectivity index is 1.93. The van der Waals surface area contributed by atoms with E-state index in [0.29, 0.717) is 0 Å². The van der Waals surface area contributed by atoms with Gasteiger partial charge in [-0.3, -0.25) is 0 Å². The van der Waals surface area contributed by atoms with E-state index in [4.69, 9.17) is 0 Å². The van der Waals surface area contributed by atoms with Crippen LogP contribution in [0.4, 0.5) is 0 Å². The van der Waals surface area contributed by atoms with Gasteiger partial charge in [0.2, 0.25) is 0 Å². The van der Waals surface area contributed by atoms with E-state index in [1.807, 2.05) is 36.5 Å². The normalized spacial score (nSPS) is 14.0. The molecule has 1 aliphatic rings. The first-order valence-electron chi connectivity index (χ1n) is 5.90. The first-order valence-corrected chi connectivity index (χ1v) is 5.90. The zero-order valence-electron chi connectivity index (χ0n) is 9.82. The van der Waals surface area contributed by atoms with Crippen LogP contribution in [0.15, 0.2) is 67.0 Å². The number of hydrogen-bond donors (Lipinski definition) is 1. The largest absolute Gasteiger partial charge is 0.426 e. The summed E-state index contributed by atoms with van der Waals surface area (Å²) in [6, 6.07) is 12.1. The lowest BCUT2D eigenvalue weighted by atomic mass is 9.54. The lowest BCUT2D eigenvalue weighted by Crippen LogP contribution is -2.42. The summed E-state index contributed by atoms with van der Waals surface area (Å²) >= 11 is 0. The minimum Gasteiger partial charge on any atom is -0.426 e. The molecule has 3 nitrogen and oxygen atoms in total. The Labute approximate surface area is 106 Å². The zero-order chi connectivity index (χ0) is 12.2. The molecule has 86 valence electrons. The standard InChI is InChI=1S/C14H12BN3/c1-2-5-13(6-3-1)15-11-12(7-10-18-15)14-16-8-4-9-17-14/h1-11,18H. The topological polar surface area (TPSA) is 37.8 Å². The van der Waals surface area contributed by atoms with E-state index in [-0.39, 0.29) is 6.85 Å². The van der Waals surface area contributed by atoms with E-state index >= 15 is 0 Å². The van der Waals surface area contributed by atoms with Crippen molar-refractivity contribution < 1.29 is 0 Å². The molecule has 1 aliphatic heterocycles. The van der Waals surface area contributed by atoms with Gasteiger partial charge in [-0.25, -0.2) is 9.97 Å². The monoisotopic (exact) mass is 233 g/mol. The SMILES string of the molecule is C1=CC(c2ncccn2)=CB(c2ccccc2)N1. The summed E-state index contributed by atoms with van der Waals surface area (Å²) in [6.07, 6.45) is 7.46. The lowest BCUT2D eigenvalue weighted by Gasteiger charge is -2.15. The minimum absolute atomic E-state index is 0.176. The van der Waals surface area contributed by atoms with Crippen LogP contribution in [-0.4, -0.2) is 16.8 Å². The van der Waals surface area contributed by atoms with Gasteiger partial charge in [0, 0.05) is 18.0 Å². The molecule has 18 heavy (non-hydrogen) atoms. The molecule has 0 saturated carbocycles. The van der Waals surface area contributed by atoms with Gasteiger partial charge in [-0.1, -0.05) is 41.8 Å².